The lowest BCUT2D eigenvalue weighted by molar-refractivity contribution is 0.624. The largest absolute Gasteiger partial charge is 0.440 e. The van der Waals surface area contributed by atoms with E-state index in [-0.39, 0.29) is 16.9 Å². The van der Waals surface area contributed by atoms with E-state index < -0.39 is 0 Å². The van der Waals surface area contributed by atoms with Crippen LogP contribution in [0.5, 0.6) is 0 Å². The number of benzene rings is 2. The van der Waals surface area contributed by atoms with Crippen molar-refractivity contribution in [1.82, 2.24) is 0 Å². The molecule has 3 aromatic rings. The van der Waals surface area contributed by atoms with Gasteiger partial charge in [-0.15, -0.1) is 0 Å². The van der Waals surface area contributed by atoms with Crippen molar-refractivity contribution in [3.8, 4) is 0 Å². The van der Waals surface area contributed by atoms with Crippen LogP contribution >= 0.6 is 0 Å². The molecule has 0 fully saturated rings. The molecule has 0 spiro atoms. The molecule has 1 aromatic heterocycles. The first-order chi connectivity index (χ1) is 10.2. The lowest BCUT2D eigenvalue weighted by Gasteiger charge is -2.02. The van der Waals surface area contributed by atoms with E-state index in [4.69, 9.17) is 15.9 Å². The number of hydrogen-bond acceptors (Lipinski definition) is 5. The van der Waals surface area contributed by atoms with Crippen molar-refractivity contribution in [1.29, 1.82) is 0 Å². The second kappa shape index (κ2) is 5.13. The molecule has 21 heavy (non-hydrogen) atoms. The van der Waals surface area contributed by atoms with Crippen LogP contribution in [0.15, 0.2) is 62.7 Å². The maximum absolute atomic E-state index is 12.4. The highest BCUT2D eigenvalue weighted by Crippen LogP contribution is 2.21. The van der Waals surface area contributed by atoms with Crippen molar-refractivity contribution < 1.29 is 4.42 Å². The molecule has 2 aromatic carbocycles. The van der Waals surface area contributed by atoms with Gasteiger partial charge in [-0.2, -0.15) is 0 Å². The van der Waals surface area contributed by atoms with Gasteiger partial charge in [-0.3, -0.25) is 9.79 Å². The first kappa shape index (κ1) is 12.9. The van der Waals surface area contributed by atoms with E-state index >= 15 is 0 Å². The Morgan fingerprint density at radius 3 is 2.52 bits per heavy atom. The molecule has 0 atom stereocenters. The van der Waals surface area contributed by atoms with Crippen LogP contribution in [0.4, 0.5) is 17.3 Å². The number of nitrogens with zero attached hydrogens (tertiary/aromatic N) is 1. The topological polar surface area (TPSA) is 94.6 Å². The SMILES string of the molecule is Nc1ccccc1N=Cc1c(N)oc2ccccc2c1=O. The van der Waals surface area contributed by atoms with Gasteiger partial charge in [-0.1, -0.05) is 24.3 Å². The molecule has 5 nitrogen and oxygen atoms in total. The van der Waals surface area contributed by atoms with E-state index in [1.807, 2.05) is 12.1 Å². The zero-order chi connectivity index (χ0) is 14.8. The van der Waals surface area contributed by atoms with Crippen molar-refractivity contribution in [3.63, 3.8) is 0 Å². The highest BCUT2D eigenvalue weighted by Gasteiger charge is 2.10. The van der Waals surface area contributed by atoms with Crippen molar-refractivity contribution in [2.75, 3.05) is 11.5 Å². The number of aliphatic imine (C=N–C) groups is 1. The minimum atomic E-state index is -0.215. The predicted octanol–water partition coefficient (Wildman–Crippen LogP) is 2.71. The van der Waals surface area contributed by atoms with E-state index in [1.54, 1.807) is 36.4 Å². The van der Waals surface area contributed by atoms with Crippen LogP contribution in [0.3, 0.4) is 0 Å². The Morgan fingerprint density at radius 1 is 1.00 bits per heavy atom. The highest BCUT2D eigenvalue weighted by molar-refractivity contribution is 5.92. The number of fused-ring (bicyclic) bond motifs is 1. The van der Waals surface area contributed by atoms with Gasteiger partial charge in [0.25, 0.3) is 0 Å². The molecule has 4 N–H and O–H groups in total. The lowest BCUT2D eigenvalue weighted by Crippen LogP contribution is -2.11. The summed E-state index contributed by atoms with van der Waals surface area (Å²) in [6, 6.07) is 14.1. The third kappa shape index (κ3) is 2.36. The van der Waals surface area contributed by atoms with Crippen LogP contribution in [-0.2, 0) is 0 Å². The summed E-state index contributed by atoms with van der Waals surface area (Å²) in [7, 11) is 0. The molecule has 0 aliphatic carbocycles. The summed E-state index contributed by atoms with van der Waals surface area (Å²) in [5, 5.41) is 0.467. The summed E-state index contributed by atoms with van der Waals surface area (Å²) in [6.45, 7) is 0. The van der Waals surface area contributed by atoms with Crippen LogP contribution < -0.4 is 16.9 Å². The van der Waals surface area contributed by atoms with Crippen LogP contribution in [0, 0.1) is 0 Å². The second-order valence-corrected chi connectivity index (χ2v) is 4.52. The molecule has 0 unspecified atom stereocenters. The molecule has 0 saturated heterocycles. The molecule has 0 aliphatic heterocycles. The average Bonchev–Trinajstić information content (AvgIpc) is 2.49. The molecular formula is C16H13N3O2. The minimum absolute atomic E-state index is 0.0388. The Balaban J connectivity index is 2.13. The molecule has 0 radical (unpaired) electrons. The van der Waals surface area contributed by atoms with E-state index in [0.717, 1.165) is 0 Å². The molecule has 104 valence electrons. The molecule has 0 bridgehead atoms. The van der Waals surface area contributed by atoms with Crippen LogP contribution in [-0.4, -0.2) is 6.21 Å². The average molecular weight is 279 g/mol. The Bertz CT molecular complexity index is 897. The van der Waals surface area contributed by atoms with Crippen LogP contribution in [0.2, 0.25) is 0 Å². The van der Waals surface area contributed by atoms with E-state index in [1.165, 1.54) is 6.21 Å². The Morgan fingerprint density at radius 2 is 1.71 bits per heavy atom. The predicted molar refractivity (Wildman–Crippen MR) is 85.0 cm³/mol. The maximum Gasteiger partial charge on any atom is 0.203 e. The third-order valence-electron chi connectivity index (χ3n) is 3.13. The number of hydrogen-bond donors (Lipinski definition) is 2. The molecule has 5 heteroatoms. The fourth-order valence-electron chi connectivity index (χ4n) is 2.04. The Kier molecular flexibility index (Phi) is 3.16. The number of nitrogen functional groups attached to an aromatic ring is 2. The Hall–Kier alpha value is -3.08. The van der Waals surface area contributed by atoms with Crippen molar-refractivity contribution in [2.24, 2.45) is 4.99 Å². The highest BCUT2D eigenvalue weighted by atomic mass is 16.3. The van der Waals surface area contributed by atoms with Gasteiger partial charge in [0.1, 0.15) is 11.1 Å². The lowest BCUT2D eigenvalue weighted by atomic mass is 10.1. The number of anilines is 2. The quantitative estimate of drug-likeness (QED) is 0.557. The van der Waals surface area contributed by atoms with E-state index in [9.17, 15) is 4.79 Å². The number of rotatable bonds is 2. The van der Waals surface area contributed by atoms with Gasteiger partial charge >= 0.3 is 0 Å². The summed E-state index contributed by atoms with van der Waals surface area (Å²) in [5.74, 6) is 0.0388. The van der Waals surface area contributed by atoms with Gasteiger partial charge in [0, 0.05) is 6.21 Å². The summed E-state index contributed by atoms with van der Waals surface area (Å²) >= 11 is 0. The van der Waals surface area contributed by atoms with Crippen LogP contribution in [0.25, 0.3) is 11.0 Å². The van der Waals surface area contributed by atoms with Gasteiger partial charge < -0.3 is 15.9 Å². The number of nitrogens with two attached hydrogens (primary N) is 2. The maximum atomic E-state index is 12.4. The summed E-state index contributed by atoms with van der Waals surface area (Å²) in [4.78, 5) is 16.6. The van der Waals surface area contributed by atoms with Gasteiger partial charge in [0.2, 0.25) is 11.3 Å². The fraction of sp³-hybridized carbons (Fsp3) is 0. The zero-order valence-electron chi connectivity index (χ0n) is 11.1. The first-order valence-corrected chi connectivity index (χ1v) is 6.36. The van der Waals surface area contributed by atoms with Crippen molar-refractivity contribution in [3.05, 3.63) is 64.3 Å². The summed E-state index contributed by atoms with van der Waals surface area (Å²) in [5.41, 5.74) is 13.2. The zero-order valence-corrected chi connectivity index (χ0v) is 11.1. The van der Waals surface area contributed by atoms with Crippen molar-refractivity contribution in [2.45, 2.75) is 0 Å². The molecular weight excluding hydrogens is 266 g/mol. The molecule has 3 rings (SSSR count). The molecule has 0 amide bonds. The minimum Gasteiger partial charge on any atom is -0.440 e. The van der Waals surface area contributed by atoms with Crippen LogP contribution in [0.1, 0.15) is 5.56 Å². The fourth-order valence-corrected chi connectivity index (χ4v) is 2.04. The van der Waals surface area contributed by atoms with Crippen molar-refractivity contribution >= 4 is 34.4 Å². The molecule has 0 aliphatic rings. The van der Waals surface area contributed by atoms with Gasteiger partial charge in [0.15, 0.2) is 0 Å². The smallest absolute Gasteiger partial charge is 0.203 e. The monoisotopic (exact) mass is 279 g/mol. The molecule has 0 saturated carbocycles. The first-order valence-electron chi connectivity index (χ1n) is 6.36. The van der Waals surface area contributed by atoms with Gasteiger partial charge in [-0.25, -0.2) is 0 Å². The summed E-state index contributed by atoms with van der Waals surface area (Å²) in [6.07, 6.45) is 1.39. The third-order valence-corrected chi connectivity index (χ3v) is 3.13. The Labute approximate surface area is 120 Å². The van der Waals surface area contributed by atoms with Gasteiger partial charge in [-0.05, 0) is 24.3 Å². The summed E-state index contributed by atoms with van der Waals surface area (Å²) < 4.78 is 5.45. The van der Waals surface area contributed by atoms with E-state index in [0.29, 0.717) is 22.3 Å². The van der Waals surface area contributed by atoms with Gasteiger partial charge in [0.05, 0.1) is 16.8 Å². The van der Waals surface area contributed by atoms with E-state index in [2.05, 4.69) is 4.99 Å². The number of para-hydroxylation sites is 3. The second-order valence-electron chi connectivity index (χ2n) is 4.52. The standard InChI is InChI=1S/C16H13N3O2/c17-12-6-2-3-7-13(12)19-9-11-15(20)10-5-1-4-8-14(10)21-16(11)18/h1-9H,17-18H2. The molecule has 1 heterocycles. The normalized spacial score (nSPS) is 11.2.